The molecule has 1 aromatic carbocycles. The van der Waals surface area contributed by atoms with Crippen molar-refractivity contribution in [1.82, 2.24) is 15.6 Å². The van der Waals surface area contributed by atoms with Crippen LogP contribution in [0, 0.1) is 6.92 Å². The van der Waals surface area contributed by atoms with Gasteiger partial charge >= 0.3 is 0 Å². The molecule has 4 nitrogen and oxygen atoms in total. The zero-order valence-corrected chi connectivity index (χ0v) is 14.8. The predicted octanol–water partition coefficient (Wildman–Crippen LogP) is 3.67. The van der Waals surface area contributed by atoms with E-state index in [-0.39, 0.29) is 0 Å². The highest BCUT2D eigenvalue weighted by Gasteiger charge is 2.04. The Morgan fingerprint density at radius 1 is 1.32 bits per heavy atom. The maximum Gasteiger partial charge on any atom is 0.191 e. The summed E-state index contributed by atoms with van der Waals surface area (Å²) in [6.07, 6.45) is 0.868. The van der Waals surface area contributed by atoms with E-state index in [0.29, 0.717) is 16.6 Å². The van der Waals surface area contributed by atoms with Crippen LogP contribution < -0.4 is 10.6 Å². The maximum atomic E-state index is 6.15. The number of aromatic nitrogens is 1. The van der Waals surface area contributed by atoms with Crippen molar-refractivity contribution in [2.75, 3.05) is 13.6 Å². The Balaban J connectivity index is 1.80. The quantitative estimate of drug-likeness (QED) is 0.634. The van der Waals surface area contributed by atoms with E-state index in [1.807, 2.05) is 19.1 Å². The molecule has 118 valence electrons. The monoisotopic (exact) mass is 356 g/mol. The molecule has 2 rings (SSSR count). The van der Waals surface area contributed by atoms with Crippen molar-refractivity contribution in [2.45, 2.75) is 19.9 Å². The number of nitrogens with one attached hydrogen (secondary N) is 2. The molecular weight excluding hydrogens is 339 g/mol. The summed E-state index contributed by atoms with van der Waals surface area (Å²) < 4.78 is 0. The molecule has 0 unspecified atom stereocenters. The third-order valence-electron chi connectivity index (χ3n) is 3.03. The summed E-state index contributed by atoms with van der Waals surface area (Å²) >= 11 is 13.7. The van der Waals surface area contributed by atoms with Crippen LogP contribution in [0.15, 0.2) is 28.6 Å². The van der Waals surface area contributed by atoms with Gasteiger partial charge in [-0.25, -0.2) is 4.98 Å². The highest BCUT2D eigenvalue weighted by molar-refractivity contribution is 7.09. The molecule has 0 bridgehead atoms. The van der Waals surface area contributed by atoms with E-state index in [9.17, 15) is 0 Å². The van der Waals surface area contributed by atoms with E-state index in [0.717, 1.165) is 35.2 Å². The molecule has 7 heteroatoms. The van der Waals surface area contributed by atoms with Gasteiger partial charge in [0, 0.05) is 42.0 Å². The Bertz CT molecular complexity index is 655. The third-order valence-corrected chi connectivity index (χ3v) is 4.43. The van der Waals surface area contributed by atoms with Gasteiger partial charge in [-0.15, -0.1) is 11.3 Å². The van der Waals surface area contributed by atoms with E-state index in [4.69, 9.17) is 23.2 Å². The number of thiazole rings is 1. The second kappa shape index (κ2) is 8.36. The van der Waals surface area contributed by atoms with Gasteiger partial charge in [-0.2, -0.15) is 0 Å². The minimum atomic E-state index is 0.589. The van der Waals surface area contributed by atoms with Gasteiger partial charge in [0.25, 0.3) is 0 Å². The van der Waals surface area contributed by atoms with Gasteiger partial charge in [0.1, 0.15) is 0 Å². The summed E-state index contributed by atoms with van der Waals surface area (Å²) in [5.74, 6) is 0.734. The molecule has 2 aromatic rings. The molecule has 1 heterocycles. The van der Waals surface area contributed by atoms with Gasteiger partial charge in [0.15, 0.2) is 5.96 Å². The molecule has 1 aromatic heterocycles. The Hall–Kier alpha value is -1.30. The van der Waals surface area contributed by atoms with Crippen LogP contribution in [-0.4, -0.2) is 24.5 Å². The van der Waals surface area contributed by atoms with Crippen LogP contribution in [0.4, 0.5) is 0 Å². The SMILES string of the molecule is CN=C(NCCc1csc(C)n1)NCc1ccc(Cl)cc1Cl. The molecule has 0 saturated carbocycles. The molecule has 0 amide bonds. The second-order valence-electron chi connectivity index (χ2n) is 4.70. The fraction of sp³-hybridized carbons (Fsp3) is 0.333. The van der Waals surface area contributed by atoms with Crippen molar-refractivity contribution >= 4 is 40.5 Å². The Morgan fingerprint density at radius 3 is 2.77 bits per heavy atom. The maximum absolute atomic E-state index is 6.15. The minimum Gasteiger partial charge on any atom is -0.356 e. The molecule has 0 aliphatic carbocycles. The van der Waals surface area contributed by atoms with Crippen LogP contribution in [0.1, 0.15) is 16.3 Å². The van der Waals surface area contributed by atoms with Crippen molar-refractivity contribution in [3.8, 4) is 0 Å². The zero-order chi connectivity index (χ0) is 15.9. The highest BCUT2D eigenvalue weighted by atomic mass is 35.5. The van der Waals surface area contributed by atoms with Crippen LogP contribution in [0.3, 0.4) is 0 Å². The topological polar surface area (TPSA) is 49.3 Å². The lowest BCUT2D eigenvalue weighted by atomic mass is 10.2. The smallest absolute Gasteiger partial charge is 0.191 e. The van der Waals surface area contributed by atoms with Crippen LogP contribution in [0.5, 0.6) is 0 Å². The minimum absolute atomic E-state index is 0.589. The van der Waals surface area contributed by atoms with E-state index in [2.05, 4.69) is 26.0 Å². The normalized spacial score (nSPS) is 11.5. The van der Waals surface area contributed by atoms with Gasteiger partial charge < -0.3 is 10.6 Å². The van der Waals surface area contributed by atoms with Crippen molar-refractivity contribution < 1.29 is 0 Å². The Kier molecular flexibility index (Phi) is 6.49. The van der Waals surface area contributed by atoms with Gasteiger partial charge in [-0.05, 0) is 24.6 Å². The molecule has 0 spiro atoms. The molecular formula is C15H18Cl2N4S. The van der Waals surface area contributed by atoms with Gasteiger partial charge in [0.2, 0.25) is 0 Å². The largest absolute Gasteiger partial charge is 0.356 e. The van der Waals surface area contributed by atoms with Crippen LogP contribution >= 0.6 is 34.5 Å². The zero-order valence-electron chi connectivity index (χ0n) is 12.5. The first-order valence-electron chi connectivity index (χ1n) is 6.88. The highest BCUT2D eigenvalue weighted by Crippen LogP contribution is 2.20. The third kappa shape index (κ3) is 5.16. The van der Waals surface area contributed by atoms with Crippen molar-refractivity contribution in [3.05, 3.63) is 49.9 Å². The Labute approximate surface area is 144 Å². The summed E-state index contributed by atoms with van der Waals surface area (Å²) in [4.78, 5) is 8.63. The second-order valence-corrected chi connectivity index (χ2v) is 6.60. The van der Waals surface area contributed by atoms with Gasteiger partial charge in [-0.3, -0.25) is 4.99 Å². The molecule has 0 saturated heterocycles. The van der Waals surface area contributed by atoms with Crippen molar-refractivity contribution in [1.29, 1.82) is 0 Å². The Morgan fingerprint density at radius 2 is 2.14 bits per heavy atom. The average molecular weight is 357 g/mol. The number of benzene rings is 1. The number of aryl methyl sites for hydroxylation is 1. The van der Waals surface area contributed by atoms with Crippen LogP contribution in [0.2, 0.25) is 10.0 Å². The lowest BCUT2D eigenvalue weighted by Crippen LogP contribution is -2.37. The number of hydrogen-bond donors (Lipinski definition) is 2. The number of hydrogen-bond acceptors (Lipinski definition) is 3. The summed E-state index contributed by atoms with van der Waals surface area (Å²) in [5.41, 5.74) is 2.08. The number of nitrogens with zero attached hydrogens (tertiary/aromatic N) is 2. The van der Waals surface area contributed by atoms with Crippen LogP contribution in [-0.2, 0) is 13.0 Å². The molecule has 0 atom stereocenters. The summed E-state index contributed by atoms with van der Waals surface area (Å²) in [5, 5.41) is 11.0. The van der Waals surface area contributed by atoms with Crippen molar-refractivity contribution in [3.63, 3.8) is 0 Å². The standard InChI is InChI=1S/C15H18Cl2N4S/c1-10-21-13(9-22-10)5-6-19-15(18-2)20-8-11-3-4-12(16)7-14(11)17/h3-4,7,9H,5-6,8H2,1-2H3,(H2,18,19,20). The van der Waals surface area contributed by atoms with Gasteiger partial charge in [-0.1, -0.05) is 29.3 Å². The molecule has 22 heavy (non-hydrogen) atoms. The molecule has 2 N–H and O–H groups in total. The summed E-state index contributed by atoms with van der Waals surface area (Å²) in [6.45, 7) is 3.38. The van der Waals surface area contributed by atoms with Crippen LogP contribution in [0.25, 0.3) is 0 Å². The first kappa shape index (κ1) is 17.1. The number of guanidine groups is 1. The predicted molar refractivity (Wildman–Crippen MR) is 95.2 cm³/mol. The van der Waals surface area contributed by atoms with E-state index < -0.39 is 0 Å². The first-order chi connectivity index (χ1) is 10.6. The summed E-state index contributed by atoms with van der Waals surface area (Å²) in [7, 11) is 1.74. The number of rotatable bonds is 5. The van der Waals surface area contributed by atoms with E-state index in [1.54, 1.807) is 24.5 Å². The molecule has 0 radical (unpaired) electrons. The van der Waals surface area contributed by atoms with Crippen molar-refractivity contribution in [2.24, 2.45) is 4.99 Å². The van der Waals surface area contributed by atoms with Gasteiger partial charge in [0.05, 0.1) is 10.7 Å². The van der Waals surface area contributed by atoms with E-state index >= 15 is 0 Å². The first-order valence-corrected chi connectivity index (χ1v) is 8.51. The molecule has 0 aliphatic rings. The summed E-state index contributed by atoms with van der Waals surface area (Å²) in [6, 6.07) is 5.47. The fourth-order valence-corrected chi connectivity index (χ4v) is 3.02. The molecule has 0 fully saturated rings. The number of aliphatic imine (C=N–C) groups is 1. The van der Waals surface area contributed by atoms with E-state index in [1.165, 1.54) is 0 Å². The number of halogens is 2. The lowest BCUT2D eigenvalue weighted by Gasteiger charge is -2.12. The average Bonchev–Trinajstić information content (AvgIpc) is 2.89. The molecule has 0 aliphatic heterocycles. The lowest BCUT2D eigenvalue weighted by molar-refractivity contribution is 0.786. The fourth-order valence-electron chi connectivity index (χ4n) is 1.90.